The number of hydrogen-bond donors (Lipinski definition) is 1. The Bertz CT molecular complexity index is 409. The molecule has 2 amide bonds. The number of nitrogens with zero attached hydrogens (tertiary/aromatic N) is 2. The van der Waals surface area contributed by atoms with Gasteiger partial charge in [-0.3, -0.25) is 9.59 Å². The molecule has 2 aliphatic rings. The maximum atomic E-state index is 12.7. The molecule has 0 bridgehead atoms. The number of rotatable bonds is 5. The summed E-state index contributed by atoms with van der Waals surface area (Å²) in [6, 6.07) is 0.454. The van der Waals surface area contributed by atoms with Crippen molar-refractivity contribution in [2.75, 3.05) is 19.6 Å². The molecule has 2 saturated heterocycles. The molecule has 134 valence electrons. The molecule has 0 radical (unpaired) electrons. The highest BCUT2D eigenvalue weighted by Crippen LogP contribution is 2.26. The second kappa shape index (κ2) is 8.88. The Hall–Kier alpha value is -0.810. The van der Waals surface area contributed by atoms with E-state index in [1.165, 1.54) is 0 Å². The minimum atomic E-state index is -0.140. The van der Waals surface area contributed by atoms with E-state index in [1.54, 1.807) is 0 Å². The van der Waals surface area contributed by atoms with Crippen LogP contribution in [0.15, 0.2) is 0 Å². The maximum absolute atomic E-state index is 12.7. The summed E-state index contributed by atoms with van der Waals surface area (Å²) in [5, 5.41) is 0. The van der Waals surface area contributed by atoms with E-state index in [4.69, 9.17) is 5.73 Å². The van der Waals surface area contributed by atoms with Gasteiger partial charge in [-0.1, -0.05) is 13.3 Å². The monoisotopic (exact) mass is 345 g/mol. The molecule has 6 heteroatoms. The minimum absolute atomic E-state index is 0. The van der Waals surface area contributed by atoms with Crippen molar-refractivity contribution < 1.29 is 9.59 Å². The van der Waals surface area contributed by atoms with Crippen LogP contribution in [0.5, 0.6) is 0 Å². The van der Waals surface area contributed by atoms with Crippen LogP contribution in [0.1, 0.15) is 52.9 Å². The Kier molecular flexibility index (Phi) is 7.81. The van der Waals surface area contributed by atoms with Gasteiger partial charge in [-0.25, -0.2) is 0 Å². The zero-order chi connectivity index (χ0) is 16.3. The molecule has 0 saturated carbocycles. The third-order valence-corrected chi connectivity index (χ3v) is 5.34. The van der Waals surface area contributed by atoms with Gasteiger partial charge in [-0.2, -0.15) is 0 Å². The van der Waals surface area contributed by atoms with Gasteiger partial charge < -0.3 is 15.5 Å². The first-order valence-electron chi connectivity index (χ1n) is 8.77. The minimum Gasteiger partial charge on any atom is -0.342 e. The van der Waals surface area contributed by atoms with Crippen LogP contribution in [0.25, 0.3) is 0 Å². The van der Waals surface area contributed by atoms with E-state index in [0.717, 1.165) is 38.8 Å². The predicted molar refractivity (Wildman–Crippen MR) is 94.4 cm³/mol. The number of nitrogens with two attached hydrogens (primary N) is 1. The lowest BCUT2D eigenvalue weighted by Gasteiger charge is -2.35. The summed E-state index contributed by atoms with van der Waals surface area (Å²) < 4.78 is 0. The van der Waals surface area contributed by atoms with Crippen molar-refractivity contribution in [3.05, 3.63) is 0 Å². The Morgan fingerprint density at radius 3 is 2.43 bits per heavy atom. The third-order valence-electron chi connectivity index (χ3n) is 5.34. The molecule has 0 aromatic carbocycles. The van der Waals surface area contributed by atoms with Crippen LogP contribution in [-0.2, 0) is 9.59 Å². The van der Waals surface area contributed by atoms with E-state index in [9.17, 15) is 9.59 Å². The fourth-order valence-corrected chi connectivity index (χ4v) is 3.80. The van der Waals surface area contributed by atoms with Crippen molar-refractivity contribution in [3.8, 4) is 0 Å². The highest BCUT2D eigenvalue weighted by atomic mass is 35.5. The zero-order valence-electron chi connectivity index (χ0n) is 14.7. The first-order valence-corrected chi connectivity index (χ1v) is 8.77. The number of carbonyl (C=O) groups is 2. The molecule has 2 N–H and O–H groups in total. The number of halogens is 1. The second-order valence-electron chi connectivity index (χ2n) is 7.11. The maximum Gasteiger partial charge on any atom is 0.227 e. The van der Waals surface area contributed by atoms with E-state index in [0.29, 0.717) is 18.9 Å². The third kappa shape index (κ3) is 4.83. The van der Waals surface area contributed by atoms with Gasteiger partial charge >= 0.3 is 0 Å². The first kappa shape index (κ1) is 20.2. The van der Waals surface area contributed by atoms with Gasteiger partial charge in [0.2, 0.25) is 11.8 Å². The van der Waals surface area contributed by atoms with E-state index < -0.39 is 0 Å². The summed E-state index contributed by atoms with van der Waals surface area (Å²) >= 11 is 0. The van der Waals surface area contributed by atoms with E-state index in [2.05, 4.69) is 13.8 Å². The van der Waals surface area contributed by atoms with Crippen molar-refractivity contribution in [2.45, 2.75) is 65.0 Å². The lowest BCUT2D eigenvalue weighted by atomic mass is 9.90. The van der Waals surface area contributed by atoms with Gasteiger partial charge in [0.1, 0.15) is 0 Å². The topological polar surface area (TPSA) is 66.6 Å². The molecule has 0 aliphatic carbocycles. The van der Waals surface area contributed by atoms with Crippen LogP contribution < -0.4 is 5.73 Å². The molecule has 0 aromatic heterocycles. The predicted octanol–water partition coefficient (Wildman–Crippen LogP) is 2.03. The van der Waals surface area contributed by atoms with Gasteiger partial charge in [0, 0.05) is 38.1 Å². The smallest absolute Gasteiger partial charge is 0.227 e. The summed E-state index contributed by atoms with van der Waals surface area (Å²) in [6.45, 7) is 8.45. The molecule has 5 nitrogen and oxygen atoms in total. The van der Waals surface area contributed by atoms with Crippen molar-refractivity contribution >= 4 is 24.2 Å². The summed E-state index contributed by atoms with van der Waals surface area (Å²) in [7, 11) is 0. The standard InChI is InChI=1S/C17H31N3O2.ClH/c1-4-5-12(2)20-11-15(10-16(20)21)17(22)19-8-6-14(7-9-19)13(3)18;/h12-15H,4-11,18H2,1-3H3;1H. The van der Waals surface area contributed by atoms with Crippen LogP contribution in [0.3, 0.4) is 0 Å². The van der Waals surface area contributed by atoms with Crippen LogP contribution in [0, 0.1) is 11.8 Å². The summed E-state index contributed by atoms with van der Waals surface area (Å²) in [6.07, 6.45) is 4.43. The summed E-state index contributed by atoms with van der Waals surface area (Å²) in [5.74, 6) is 0.696. The number of piperidine rings is 1. The SMILES string of the molecule is CCCC(C)N1CC(C(=O)N2CCC(C(C)N)CC2)CC1=O.Cl. The second-order valence-corrected chi connectivity index (χ2v) is 7.11. The summed E-state index contributed by atoms with van der Waals surface area (Å²) in [5.41, 5.74) is 5.95. The van der Waals surface area contributed by atoms with Gasteiger partial charge in [0.05, 0.1) is 5.92 Å². The van der Waals surface area contributed by atoms with Crippen molar-refractivity contribution in [1.82, 2.24) is 9.80 Å². The Morgan fingerprint density at radius 1 is 1.30 bits per heavy atom. The molecule has 23 heavy (non-hydrogen) atoms. The Balaban J connectivity index is 0.00000264. The highest BCUT2D eigenvalue weighted by molar-refractivity contribution is 5.89. The number of likely N-dealkylation sites (tertiary alicyclic amines) is 2. The zero-order valence-corrected chi connectivity index (χ0v) is 15.5. The largest absolute Gasteiger partial charge is 0.342 e. The highest BCUT2D eigenvalue weighted by Gasteiger charge is 2.39. The van der Waals surface area contributed by atoms with Crippen molar-refractivity contribution in [1.29, 1.82) is 0 Å². The molecule has 0 spiro atoms. The quantitative estimate of drug-likeness (QED) is 0.829. The number of hydrogen-bond acceptors (Lipinski definition) is 3. The van der Waals surface area contributed by atoms with Gasteiger partial charge in [-0.15, -0.1) is 12.4 Å². The van der Waals surface area contributed by atoms with E-state index in [1.807, 2.05) is 16.7 Å². The number of carbonyl (C=O) groups excluding carboxylic acids is 2. The molecule has 2 rings (SSSR count). The molecule has 2 aliphatic heterocycles. The van der Waals surface area contributed by atoms with Crippen molar-refractivity contribution in [3.63, 3.8) is 0 Å². The van der Waals surface area contributed by atoms with E-state index in [-0.39, 0.29) is 42.2 Å². The van der Waals surface area contributed by atoms with Gasteiger partial charge in [-0.05, 0) is 39.0 Å². The average molecular weight is 346 g/mol. The van der Waals surface area contributed by atoms with Crippen LogP contribution in [-0.4, -0.2) is 53.3 Å². The molecule has 2 fully saturated rings. The van der Waals surface area contributed by atoms with Crippen molar-refractivity contribution in [2.24, 2.45) is 17.6 Å². The molecular formula is C17H32ClN3O2. The lowest BCUT2D eigenvalue weighted by molar-refractivity contribution is -0.137. The molecule has 3 atom stereocenters. The fraction of sp³-hybridized carbons (Fsp3) is 0.882. The first-order chi connectivity index (χ1) is 10.4. The number of amides is 2. The fourth-order valence-electron chi connectivity index (χ4n) is 3.80. The Morgan fingerprint density at radius 2 is 1.91 bits per heavy atom. The average Bonchev–Trinajstić information content (AvgIpc) is 2.89. The normalized spacial score (nSPS) is 25.2. The molecule has 0 aromatic rings. The van der Waals surface area contributed by atoms with Crippen LogP contribution >= 0.6 is 12.4 Å². The van der Waals surface area contributed by atoms with Gasteiger partial charge in [0.25, 0.3) is 0 Å². The molecule has 3 unspecified atom stereocenters. The Labute approximate surface area is 146 Å². The van der Waals surface area contributed by atoms with Crippen LogP contribution in [0.2, 0.25) is 0 Å². The van der Waals surface area contributed by atoms with Gasteiger partial charge in [0.15, 0.2) is 0 Å². The lowest BCUT2D eigenvalue weighted by Crippen LogP contribution is -2.45. The molecule has 2 heterocycles. The van der Waals surface area contributed by atoms with E-state index >= 15 is 0 Å². The summed E-state index contributed by atoms with van der Waals surface area (Å²) in [4.78, 5) is 28.7. The van der Waals surface area contributed by atoms with Crippen LogP contribution in [0.4, 0.5) is 0 Å². The molecular weight excluding hydrogens is 314 g/mol.